The molecule has 8 heteroatoms. The lowest BCUT2D eigenvalue weighted by atomic mass is 9.47. The first-order valence-corrected chi connectivity index (χ1v) is 11.2. The van der Waals surface area contributed by atoms with Crippen LogP contribution in [0, 0.1) is 23.7 Å². The van der Waals surface area contributed by atoms with Gasteiger partial charge in [-0.25, -0.2) is 0 Å². The van der Waals surface area contributed by atoms with Crippen molar-refractivity contribution in [2.45, 2.75) is 81.6 Å². The molecule has 4 aliphatic rings. The van der Waals surface area contributed by atoms with Crippen LogP contribution >= 0.6 is 0 Å². The average Bonchev–Trinajstić information content (AvgIpc) is 3.24. The van der Waals surface area contributed by atoms with E-state index in [0.717, 1.165) is 25.7 Å². The van der Waals surface area contributed by atoms with Gasteiger partial charge >= 0.3 is 6.18 Å². The molecule has 4 rings (SSSR count). The number of fused-ring (bicyclic) bond motifs is 2. The first kappa shape index (κ1) is 22.5. The molecular formula is C22H33F3O5. The highest BCUT2D eigenvalue weighted by atomic mass is 19.4. The molecule has 1 saturated heterocycles. The summed E-state index contributed by atoms with van der Waals surface area (Å²) in [5, 5.41) is 21.3. The lowest BCUT2D eigenvalue weighted by Gasteiger charge is -2.68. The van der Waals surface area contributed by atoms with Gasteiger partial charge in [0.2, 0.25) is 5.79 Å². The molecule has 1 spiro atoms. The Morgan fingerprint density at radius 2 is 1.80 bits per heavy atom. The number of hydrogen-bond acceptors (Lipinski definition) is 5. The zero-order valence-corrected chi connectivity index (χ0v) is 17.4. The number of alkyl halides is 3. The Hall–Kier alpha value is -0.670. The second kappa shape index (κ2) is 8.35. The molecule has 30 heavy (non-hydrogen) atoms. The van der Waals surface area contributed by atoms with E-state index in [1.54, 1.807) is 12.2 Å². The summed E-state index contributed by atoms with van der Waals surface area (Å²) in [6.07, 6.45) is 3.66. The third kappa shape index (κ3) is 3.72. The van der Waals surface area contributed by atoms with Crippen LogP contribution in [0.25, 0.3) is 0 Å². The van der Waals surface area contributed by atoms with Crippen LogP contribution in [0.15, 0.2) is 12.2 Å². The zero-order valence-electron chi connectivity index (χ0n) is 17.4. The molecule has 0 aromatic carbocycles. The number of aliphatic hydroxyl groups is 2. The number of halogens is 3. The molecule has 3 aliphatic carbocycles. The molecule has 6 atom stereocenters. The van der Waals surface area contributed by atoms with Crippen LogP contribution in [0.5, 0.6) is 0 Å². The van der Waals surface area contributed by atoms with E-state index in [0.29, 0.717) is 19.6 Å². The van der Waals surface area contributed by atoms with E-state index in [9.17, 15) is 23.4 Å². The lowest BCUT2D eigenvalue weighted by Crippen LogP contribution is -2.80. The summed E-state index contributed by atoms with van der Waals surface area (Å²) in [5.74, 6) is -2.02. The van der Waals surface area contributed by atoms with Crippen LogP contribution in [0.3, 0.4) is 0 Å². The SMILES string of the molecule is CC1[C@@H]2[C@@H](/C=C/[C@@H](O)C3CCCCC3)[C@H](O)CC[C@]2(OCC(F)(F)F)C12OCCO2. The third-order valence-electron chi connectivity index (χ3n) is 7.81. The van der Waals surface area contributed by atoms with Gasteiger partial charge < -0.3 is 24.4 Å². The molecule has 2 N–H and O–H groups in total. The van der Waals surface area contributed by atoms with Gasteiger partial charge in [-0.1, -0.05) is 38.3 Å². The molecule has 5 nitrogen and oxygen atoms in total. The Labute approximate surface area is 175 Å². The molecule has 0 aromatic rings. The quantitative estimate of drug-likeness (QED) is 0.648. The Balaban J connectivity index is 1.56. The van der Waals surface area contributed by atoms with Crippen LogP contribution in [-0.2, 0) is 14.2 Å². The van der Waals surface area contributed by atoms with Crippen LogP contribution in [-0.4, -0.2) is 59.8 Å². The summed E-state index contributed by atoms with van der Waals surface area (Å²) in [6.45, 7) is 1.15. The van der Waals surface area contributed by atoms with Crippen LogP contribution in [0.2, 0.25) is 0 Å². The van der Waals surface area contributed by atoms with Crippen LogP contribution in [0.1, 0.15) is 51.9 Å². The predicted molar refractivity (Wildman–Crippen MR) is 102 cm³/mol. The maximum Gasteiger partial charge on any atom is 0.411 e. The Kier molecular flexibility index (Phi) is 6.27. The average molecular weight is 434 g/mol. The monoisotopic (exact) mass is 434 g/mol. The molecule has 0 aromatic heterocycles. The number of aliphatic hydroxyl groups excluding tert-OH is 2. The largest absolute Gasteiger partial charge is 0.411 e. The van der Waals surface area contributed by atoms with Gasteiger partial charge in [-0.2, -0.15) is 13.2 Å². The fraction of sp³-hybridized carbons (Fsp3) is 0.909. The van der Waals surface area contributed by atoms with Gasteiger partial charge in [-0.3, -0.25) is 0 Å². The van der Waals surface area contributed by atoms with Crippen molar-refractivity contribution in [2.75, 3.05) is 19.8 Å². The van der Waals surface area contributed by atoms with Crippen molar-refractivity contribution in [3.8, 4) is 0 Å². The van der Waals surface area contributed by atoms with Crippen molar-refractivity contribution >= 4 is 0 Å². The zero-order chi connectivity index (χ0) is 21.6. The molecule has 1 heterocycles. The minimum absolute atomic E-state index is 0.202. The maximum absolute atomic E-state index is 13.0. The van der Waals surface area contributed by atoms with Crippen LogP contribution in [0.4, 0.5) is 13.2 Å². The molecular weight excluding hydrogens is 401 g/mol. The topological polar surface area (TPSA) is 68.2 Å². The van der Waals surface area contributed by atoms with Gasteiger partial charge in [0.15, 0.2) is 0 Å². The van der Waals surface area contributed by atoms with E-state index in [4.69, 9.17) is 14.2 Å². The van der Waals surface area contributed by atoms with E-state index in [1.165, 1.54) is 6.42 Å². The fourth-order valence-electron chi connectivity index (χ4n) is 6.48. The summed E-state index contributed by atoms with van der Waals surface area (Å²) in [5.41, 5.74) is -1.25. The number of ether oxygens (including phenoxy) is 3. The molecule has 0 amide bonds. The van der Waals surface area contributed by atoms with Gasteiger partial charge in [0, 0.05) is 17.8 Å². The maximum atomic E-state index is 13.0. The van der Waals surface area contributed by atoms with Gasteiger partial charge in [0.25, 0.3) is 0 Å². The Morgan fingerprint density at radius 3 is 2.43 bits per heavy atom. The number of rotatable bonds is 5. The van der Waals surface area contributed by atoms with Gasteiger partial charge in [0.05, 0.1) is 25.4 Å². The van der Waals surface area contributed by atoms with Gasteiger partial charge in [-0.15, -0.1) is 0 Å². The molecule has 1 unspecified atom stereocenters. The summed E-state index contributed by atoms with van der Waals surface area (Å²) in [4.78, 5) is 0. The molecule has 172 valence electrons. The van der Waals surface area contributed by atoms with E-state index >= 15 is 0 Å². The predicted octanol–water partition coefficient (Wildman–Crippen LogP) is 3.58. The van der Waals surface area contributed by atoms with E-state index < -0.39 is 42.3 Å². The van der Waals surface area contributed by atoms with Crippen molar-refractivity contribution < 1.29 is 37.6 Å². The second-order valence-electron chi connectivity index (χ2n) is 9.43. The molecule has 3 saturated carbocycles. The fourth-order valence-corrected chi connectivity index (χ4v) is 6.48. The van der Waals surface area contributed by atoms with Crippen molar-refractivity contribution in [2.24, 2.45) is 23.7 Å². The highest BCUT2D eigenvalue weighted by molar-refractivity contribution is 5.24. The smallest absolute Gasteiger partial charge is 0.393 e. The number of hydrogen-bond donors (Lipinski definition) is 2. The van der Waals surface area contributed by atoms with Crippen LogP contribution < -0.4 is 0 Å². The summed E-state index contributed by atoms with van der Waals surface area (Å²) >= 11 is 0. The Morgan fingerprint density at radius 1 is 1.13 bits per heavy atom. The lowest BCUT2D eigenvalue weighted by molar-refractivity contribution is -0.427. The highest BCUT2D eigenvalue weighted by Crippen LogP contribution is 2.66. The highest BCUT2D eigenvalue weighted by Gasteiger charge is 2.78. The summed E-state index contributed by atoms with van der Waals surface area (Å²) in [6, 6.07) is 0. The molecule has 0 bridgehead atoms. The van der Waals surface area contributed by atoms with Crippen molar-refractivity contribution in [1.29, 1.82) is 0 Å². The van der Waals surface area contributed by atoms with Crippen molar-refractivity contribution in [3.63, 3.8) is 0 Å². The minimum Gasteiger partial charge on any atom is -0.393 e. The first-order chi connectivity index (χ1) is 14.2. The van der Waals surface area contributed by atoms with E-state index in [1.807, 2.05) is 6.92 Å². The van der Waals surface area contributed by atoms with Crippen molar-refractivity contribution in [3.05, 3.63) is 12.2 Å². The molecule has 0 radical (unpaired) electrons. The molecule has 4 fully saturated rings. The van der Waals surface area contributed by atoms with Gasteiger partial charge in [-0.05, 0) is 31.6 Å². The van der Waals surface area contributed by atoms with Crippen molar-refractivity contribution in [1.82, 2.24) is 0 Å². The first-order valence-electron chi connectivity index (χ1n) is 11.2. The summed E-state index contributed by atoms with van der Waals surface area (Å²) in [7, 11) is 0. The second-order valence-corrected chi connectivity index (χ2v) is 9.43. The van der Waals surface area contributed by atoms with E-state index in [2.05, 4.69) is 0 Å². The van der Waals surface area contributed by atoms with E-state index in [-0.39, 0.29) is 24.2 Å². The third-order valence-corrected chi connectivity index (χ3v) is 7.81. The van der Waals surface area contributed by atoms with Gasteiger partial charge in [0.1, 0.15) is 12.2 Å². The molecule has 1 aliphatic heterocycles. The normalized spacial score (nSPS) is 40.5. The summed E-state index contributed by atoms with van der Waals surface area (Å²) < 4.78 is 56.4. The standard InChI is InChI=1S/C22H33F3O5/c1-14-19-16(7-8-17(26)15-5-3-2-4-6-15)18(27)9-10-20(19,30-13-21(23,24)25)22(14)28-11-12-29-22/h7-8,14-19,26-27H,2-6,9-13H2,1H3/b8-7+/t14?,16-,17+,18+,19+,20+/m0/s1. The minimum atomic E-state index is -4.46. The Bertz CT molecular complexity index is 627.